The van der Waals surface area contributed by atoms with E-state index >= 15 is 0 Å². The van der Waals surface area contributed by atoms with Gasteiger partial charge in [-0.25, -0.2) is 0 Å². The minimum absolute atomic E-state index is 0.0273. The first-order valence-corrected chi connectivity index (χ1v) is 9.99. The van der Waals surface area contributed by atoms with Crippen molar-refractivity contribution in [3.8, 4) is 11.5 Å². The molecule has 0 aliphatic rings. The smallest absolute Gasteiger partial charge is 0.276 e. The van der Waals surface area contributed by atoms with Gasteiger partial charge in [0.25, 0.3) is 11.8 Å². The maximum absolute atomic E-state index is 12.2. The van der Waals surface area contributed by atoms with Crippen molar-refractivity contribution >= 4 is 29.1 Å². The molecule has 2 amide bonds. The molecule has 3 N–H and O–H groups in total. The Morgan fingerprint density at radius 2 is 1.60 bits per heavy atom. The van der Waals surface area contributed by atoms with E-state index in [4.69, 9.17) is 21.7 Å². The summed E-state index contributed by atoms with van der Waals surface area (Å²) < 4.78 is 11.2. The van der Waals surface area contributed by atoms with Crippen LogP contribution in [0.3, 0.4) is 0 Å². The van der Waals surface area contributed by atoms with E-state index in [1.807, 2.05) is 32.0 Å². The molecule has 0 saturated heterocycles. The van der Waals surface area contributed by atoms with Gasteiger partial charge in [0.15, 0.2) is 11.7 Å². The van der Waals surface area contributed by atoms with E-state index < -0.39 is 11.8 Å². The average Bonchev–Trinajstić information content (AvgIpc) is 2.70. The van der Waals surface area contributed by atoms with Gasteiger partial charge in [-0.15, -0.1) is 0 Å². The van der Waals surface area contributed by atoms with E-state index in [1.165, 1.54) is 0 Å². The number of hydrogen-bond acceptors (Lipinski definition) is 5. The molecule has 0 aromatic heterocycles. The fraction of sp³-hybridized carbons (Fsp3) is 0.318. The number of hydrazine groups is 1. The summed E-state index contributed by atoms with van der Waals surface area (Å²) in [7, 11) is 0. The molecule has 0 spiro atoms. The summed E-state index contributed by atoms with van der Waals surface area (Å²) in [4.78, 5) is 24.2. The Hall–Kier alpha value is -3.13. The fourth-order valence-corrected chi connectivity index (χ4v) is 2.64. The molecule has 30 heavy (non-hydrogen) atoms. The Bertz CT molecular complexity index is 878. The summed E-state index contributed by atoms with van der Waals surface area (Å²) in [6, 6.07) is 12.5. The molecular formula is C22H27N3O4S. The number of aryl methyl sites for hydroxylation is 2. The minimum atomic E-state index is -0.430. The first-order valence-electron chi connectivity index (χ1n) is 9.58. The van der Waals surface area contributed by atoms with Crippen molar-refractivity contribution in [3.05, 3.63) is 59.2 Å². The normalized spacial score (nSPS) is 10.3. The predicted octanol–water partition coefficient (Wildman–Crippen LogP) is 3.05. The SMILES string of the molecule is Cc1cccc(C)c1OCC(=O)NNC(=S)NC(=O)c1ccc(OCC(C)C)cc1. The van der Waals surface area contributed by atoms with E-state index in [0.29, 0.717) is 29.6 Å². The summed E-state index contributed by atoms with van der Waals surface area (Å²) in [6.07, 6.45) is 0. The van der Waals surface area contributed by atoms with Crippen molar-refractivity contribution in [1.29, 1.82) is 0 Å². The van der Waals surface area contributed by atoms with Gasteiger partial charge < -0.3 is 9.47 Å². The number of ether oxygens (including phenoxy) is 2. The van der Waals surface area contributed by atoms with E-state index in [-0.39, 0.29) is 11.7 Å². The largest absolute Gasteiger partial charge is 0.493 e. The van der Waals surface area contributed by atoms with E-state index in [1.54, 1.807) is 24.3 Å². The molecule has 0 radical (unpaired) electrons. The number of thiocarbonyl (C=S) groups is 1. The fourth-order valence-electron chi connectivity index (χ4n) is 2.50. The Labute approximate surface area is 182 Å². The number of hydrogen-bond donors (Lipinski definition) is 3. The average molecular weight is 430 g/mol. The zero-order valence-electron chi connectivity index (χ0n) is 17.6. The van der Waals surface area contributed by atoms with Crippen LogP contribution in [0.2, 0.25) is 0 Å². The number of nitrogens with one attached hydrogen (secondary N) is 3. The molecule has 7 nitrogen and oxygen atoms in total. The molecule has 0 unspecified atom stereocenters. The molecule has 160 valence electrons. The minimum Gasteiger partial charge on any atom is -0.493 e. The standard InChI is InChI=1S/C22H27N3O4S/c1-14(2)12-28-18-10-8-17(9-11-18)21(27)23-22(30)25-24-19(26)13-29-20-15(3)6-5-7-16(20)4/h5-11,14H,12-13H2,1-4H3,(H,24,26)(H2,23,25,27,30). The van der Waals surface area contributed by atoms with Gasteiger partial charge in [0.2, 0.25) is 0 Å². The Kier molecular flexibility index (Phi) is 8.61. The molecule has 0 heterocycles. The van der Waals surface area contributed by atoms with E-state index in [9.17, 15) is 9.59 Å². The number of carbonyl (C=O) groups is 2. The van der Waals surface area contributed by atoms with Gasteiger partial charge in [-0.2, -0.15) is 0 Å². The van der Waals surface area contributed by atoms with Crippen molar-refractivity contribution < 1.29 is 19.1 Å². The molecule has 0 bridgehead atoms. The predicted molar refractivity (Wildman–Crippen MR) is 120 cm³/mol. The van der Waals surface area contributed by atoms with Crippen molar-refractivity contribution in [2.24, 2.45) is 5.92 Å². The first-order chi connectivity index (χ1) is 14.3. The third kappa shape index (κ3) is 7.36. The van der Waals surface area contributed by atoms with Gasteiger partial charge in [-0.05, 0) is 67.4 Å². The maximum atomic E-state index is 12.2. The zero-order valence-corrected chi connectivity index (χ0v) is 18.4. The highest BCUT2D eigenvalue weighted by Crippen LogP contribution is 2.21. The monoisotopic (exact) mass is 429 g/mol. The second-order valence-electron chi connectivity index (χ2n) is 7.20. The molecular weight excluding hydrogens is 402 g/mol. The lowest BCUT2D eigenvalue weighted by molar-refractivity contribution is -0.123. The van der Waals surface area contributed by atoms with Gasteiger partial charge in [-0.3, -0.25) is 25.8 Å². The summed E-state index contributed by atoms with van der Waals surface area (Å²) in [5.74, 6) is 0.948. The lowest BCUT2D eigenvalue weighted by atomic mass is 10.1. The number of rotatable bonds is 7. The third-order valence-corrected chi connectivity index (χ3v) is 4.20. The van der Waals surface area contributed by atoms with Crippen LogP contribution in [0.4, 0.5) is 0 Å². The lowest BCUT2D eigenvalue weighted by Crippen LogP contribution is -2.49. The second kappa shape index (κ2) is 11.2. The number of benzene rings is 2. The Morgan fingerprint density at radius 1 is 0.967 bits per heavy atom. The number of carbonyl (C=O) groups excluding carboxylic acids is 2. The number of amides is 2. The molecule has 2 rings (SSSR count). The Balaban J connectivity index is 1.75. The molecule has 2 aromatic carbocycles. The van der Waals surface area contributed by atoms with Crippen LogP contribution in [0.5, 0.6) is 11.5 Å². The summed E-state index contributed by atoms with van der Waals surface area (Å²) in [5.41, 5.74) is 7.19. The highest BCUT2D eigenvalue weighted by Gasteiger charge is 2.10. The molecule has 2 aromatic rings. The zero-order chi connectivity index (χ0) is 22.1. The topological polar surface area (TPSA) is 88.7 Å². The van der Waals surface area contributed by atoms with Crippen LogP contribution in [-0.2, 0) is 4.79 Å². The van der Waals surface area contributed by atoms with Crippen molar-refractivity contribution in [2.45, 2.75) is 27.7 Å². The molecule has 0 aliphatic carbocycles. The van der Waals surface area contributed by atoms with Crippen molar-refractivity contribution in [1.82, 2.24) is 16.2 Å². The van der Waals surface area contributed by atoms with Gasteiger partial charge in [0.1, 0.15) is 11.5 Å². The molecule has 0 saturated carbocycles. The molecule has 8 heteroatoms. The maximum Gasteiger partial charge on any atom is 0.276 e. The van der Waals surface area contributed by atoms with Gasteiger partial charge >= 0.3 is 0 Å². The van der Waals surface area contributed by atoms with E-state index in [0.717, 1.165) is 11.1 Å². The van der Waals surface area contributed by atoms with Crippen LogP contribution in [0.15, 0.2) is 42.5 Å². The van der Waals surface area contributed by atoms with Crippen LogP contribution in [0, 0.1) is 19.8 Å². The van der Waals surface area contributed by atoms with Gasteiger partial charge in [0, 0.05) is 5.56 Å². The van der Waals surface area contributed by atoms with Crippen LogP contribution in [0.25, 0.3) is 0 Å². The quantitative estimate of drug-likeness (QED) is 0.463. The van der Waals surface area contributed by atoms with Crippen LogP contribution in [-0.4, -0.2) is 30.1 Å². The highest BCUT2D eigenvalue weighted by atomic mass is 32.1. The van der Waals surface area contributed by atoms with Crippen molar-refractivity contribution in [2.75, 3.05) is 13.2 Å². The molecule has 0 fully saturated rings. The lowest BCUT2D eigenvalue weighted by Gasteiger charge is -2.13. The molecule has 0 aliphatic heterocycles. The summed E-state index contributed by atoms with van der Waals surface area (Å²) in [5, 5.41) is 2.47. The number of para-hydroxylation sites is 1. The van der Waals surface area contributed by atoms with Crippen LogP contribution < -0.4 is 25.6 Å². The second-order valence-corrected chi connectivity index (χ2v) is 7.60. The van der Waals surface area contributed by atoms with Gasteiger partial charge in [0.05, 0.1) is 6.61 Å². The summed E-state index contributed by atoms with van der Waals surface area (Å²) in [6.45, 7) is 8.35. The van der Waals surface area contributed by atoms with Crippen LogP contribution in [0.1, 0.15) is 35.3 Å². The molecule has 0 atom stereocenters. The van der Waals surface area contributed by atoms with E-state index in [2.05, 4.69) is 30.0 Å². The van der Waals surface area contributed by atoms with Crippen LogP contribution >= 0.6 is 12.2 Å². The Morgan fingerprint density at radius 3 is 2.20 bits per heavy atom. The van der Waals surface area contributed by atoms with Gasteiger partial charge in [-0.1, -0.05) is 32.0 Å². The van der Waals surface area contributed by atoms with Crippen molar-refractivity contribution in [3.63, 3.8) is 0 Å². The summed E-state index contributed by atoms with van der Waals surface area (Å²) >= 11 is 5.04. The highest BCUT2D eigenvalue weighted by molar-refractivity contribution is 7.80. The third-order valence-electron chi connectivity index (χ3n) is 4.00. The first kappa shape index (κ1) is 23.2.